The number of aliphatic hydroxyl groups is 4. The molecule has 0 aromatic heterocycles. The Balaban J connectivity index is 1.09. The number of nitrogens with one attached hydrogen (secondary N) is 2. The van der Waals surface area contributed by atoms with Crippen LogP contribution in [0.3, 0.4) is 0 Å². The number of allylic oxidation sites excluding steroid dienone is 4. The van der Waals surface area contributed by atoms with Gasteiger partial charge in [0.15, 0.2) is 11.5 Å². The number of aromatic hydroxyl groups is 6. The second kappa shape index (κ2) is 33.5. The number of carbonyl (C=O) groups excluding carboxylic acids is 6. The quantitative estimate of drug-likeness (QED) is 0.0339. The van der Waals surface area contributed by atoms with E-state index in [0.29, 0.717) is 0 Å². The summed E-state index contributed by atoms with van der Waals surface area (Å²) in [6, 6.07) is 0. The third kappa shape index (κ3) is 16.2. The number of phenolic OH excluding ortho intramolecular Hbond substituents is 6. The molecule has 4 aromatic carbocycles. The van der Waals surface area contributed by atoms with Crippen molar-refractivity contribution in [1.82, 2.24) is 10.0 Å². The fourth-order valence-electron chi connectivity index (χ4n) is 14.9. The number of fused-ring (bicyclic) bond motifs is 28. The van der Waals surface area contributed by atoms with Gasteiger partial charge in [-0.25, -0.2) is 0 Å². The fourth-order valence-corrected chi connectivity index (χ4v) is 14.9. The summed E-state index contributed by atoms with van der Waals surface area (Å²) in [6.45, 7) is 24.4. The molecule has 4 aromatic rings. The maximum atomic E-state index is 15.0. The lowest BCUT2D eigenvalue weighted by atomic mass is 9.78. The predicted molar refractivity (Wildman–Crippen MR) is 406 cm³/mol. The number of hydrazone groups is 2. The van der Waals surface area contributed by atoms with E-state index in [-0.39, 0.29) is 82.2 Å². The number of aliphatic hydroxyl groups excluding tert-OH is 4. The molecule has 18 atom stereocenters. The van der Waals surface area contributed by atoms with Crippen LogP contribution in [0.25, 0.3) is 21.5 Å². The van der Waals surface area contributed by atoms with E-state index in [0.717, 1.165) is 25.0 Å². The summed E-state index contributed by atoms with van der Waals surface area (Å²) in [5.41, 5.74) is -2.26. The number of esters is 2. The van der Waals surface area contributed by atoms with Gasteiger partial charge < -0.3 is 99.6 Å². The molecule has 18 unspecified atom stereocenters. The maximum Gasteiger partial charge on any atom is 0.312 e. The smallest absolute Gasteiger partial charge is 0.312 e. The van der Waals surface area contributed by atoms with Crippen LogP contribution in [0, 0.1) is 61.2 Å². The first-order valence-electron chi connectivity index (χ1n) is 36.4. The van der Waals surface area contributed by atoms with Crippen LogP contribution >= 0.6 is 0 Å². The molecule has 0 radical (unpaired) electrons. The van der Waals surface area contributed by atoms with Crippen LogP contribution in [0.2, 0.25) is 0 Å². The number of ketones is 2. The number of Topliss-reactive ketones (excluding diaryl/α,β-unsaturated/α-hetero) is 2. The first kappa shape index (κ1) is 83.8. The van der Waals surface area contributed by atoms with E-state index in [2.05, 4.69) is 20.8 Å². The molecule has 12 N–H and O–H groups in total. The summed E-state index contributed by atoms with van der Waals surface area (Å²) < 4.78 is 47.8. The molecular formula is C80H102N6O24. The summed E-state index contributed by atoms with van der Waals surface area (Å²) in [4.78, 5) is 83.7. The third-order valence-electron chi connectivity index (χ3n) is 22.0. The standard InChI is InChI=1S/C80H102N6O24/c1-35-21-19-23-37(3)77(101)83-59-49(67(95)53-55(69(59)97)65(93)45(11)73-57(53)75(99)79(15,109-73)105-31-25-51(103-17)39(5)71(107-47(13)87)43(9)63(91)41(7)61(35)89)33-81-85-27-29-86(30-28-85)82-34-50-60-70(98)56-54(68(50)96)58-74(46(12)66(56)94)110-80(16,76(58)100)106-32-26-52(104-18)40(6)72(108-48(14)88)44(10)64(92)42(8)62(90)36(2)22-20-24-38(4)78(102)84-60/h19-26,31-36,39-44,51-52,61-64,71-72,89-98H,27-30H2,1-18H3,(H,83,101)(H,84,102)/b21-19+,22-20+,31-25+,32-26+,37-23+,38-24+,81-33?,82-34?. The van der Waals surface area contributed by atoms with E-state index in [9.17, 15) is 79.8 Å². The minimum atomic E-state index is -2.21. The number of hydrogen-bond donors (Lipinski definition) is 12. The maximum absolute atomic E-state index is 15.0. The fraction of sp³-hybridized carbons (Fsp3) is 0.500. The molecule has 0 aliphatic carbocycles. The van der Waals surface area contributed by atoms with Crippen LogP contribution in [0.5, 0.6) is 46.0 Å². The van der Waals surface area contributed by atoms with Crippen LogP contribution < -0.4 is 20.1 Å². The molecule has 0 saturated carbocycles. The molecule has 7 aliphatic rings. The number of piperazine rings is 1. The Hall–Kier alpha value is -10.2. The SMILES string of the molecule is COC1/C=C/OC2(C)Oc3c(C)c(O)c4c(O)c(c(C=NN5CCN(N=Cc6c7c(O)c8c(O)c(C)c9c(c8c6O)C(=O)C(C)(O/C=C/C(OC)C(C)C(OC(C)=O)C(C)C(O)C(C)C(O)C(C)/C=C/C=C(\C)C(=O)N7)O9)CC5)c(O)c4c3C2=O)NC(=O)/C(C)=C/C=C/C(C)C(O)C(C)C(O)C(C)C(OC(C)=O)C1C. The Bertz CT molecular complexity index is 4250. The third-order valence-corrected chi connectivity index (χ3v) is 22.0. The van der Waals surface area contributed by atoms with Gasteiger partial charge in [-0.3, -0.25) is 38.8 Å². The molecule has 7 aliphatic heterocycles. The van der Waals surface area contributed by atoms with E-state index >= 15 is 0 Å². The van der Waals surface area contributed by atoms with Gasteiger partial charge in [0.1, 0.15) is 46.7 Å². The molecule has 11 rings (SSSR count). The van der Waals surface area contributed by atoms with Crippen molar-refractivity contribution in [2.75, 3.05) is 51.0 Å². The monoisotopic (exact) mass is 1530 g/mol. The van der Waals surface area contributed by atoms with Crippen LogP contribution in [0.4, 0.5) is 11.4 Å². The second-order valence-electron chi connectivity index (χ2n) is 29.6. The Morgan fingerprint density at radius 3 is 1.15 bits per heavy atom. The molecule has 110 heavy (non-hydrogen) atoms. The van der Waals surface area contributed by atoms with Gasteiger partial charge in [0.25, 0.3) is 23.4 Å². The van der Waals surface area contributed by atoms with Gasteiger partial charge in [0.2, 0.25) is 0 Å². The van der Waals surface area contributed by atoms with Gasteiger partial charge in [-0.05, 0) is 39.8 Å². The number of hydrogen-bond acceptors (Lipinski definition) is 28. The molecule has 1 saturated heterocycles. The van der Waals surface area contributed by atoms with Crippen LogP contribution in [0.15, 0.2) is 82.5 Å². The highest BCUT2D eigenvalue weighted by molar-refractivity contribution is 6.25. The summed E-state index contributed by atoms with van der Waals surface area (Å²) >= 11 is 0. The number of ether oxygens (including phenoxy) is 8. The van der Waals surface area contributed by atoms with Gasteiger partial charge >= 0.3 is 23.5 Å². The van der Waals surface area contributed by atoms with Crippen molar-refractivity contribution < 1.29 is 118 Å². The molecule has 1 fully saturated rings. The van der Waals surface area contributed by atoms with Gasteiger partial charge in [0, 0.05) is 122 Å². The highest BCUT2D eigenvalue weighted by Crippen LogP contribution is 2.57. The van der Waals surface area contributed by atoms with E-state index in [1.807, 2.05) is 0 Å². The predicted octanol–water partition coefficient (Wildman–Crippen LogP) is 8.81. The molecule has 2 amide bonds. The van der Waals surface area contributed by atoms with Gasteiger partial charge in [-0.2, -0.15) is 10.2 Å². The van der Waals surface area contributed by atoms with Crippen LogP contribution in [0.1, 0.15) is 140 Å². The number of phenols is 6. The number of amides is 2. The Labute approximate surface area is 637 Å². The van der Waals surface area contributed by atoms with Crippen molar-refractivity contribution in [3.63, 3.8) is 0 Å². The van der Waals surface area contributed by atoms with Gasteiger partial charge in [-0.1, -0.05) is 91.8 Å². The number of benzene rings is 4. The summed E-state index contributed by atoms with van der Waals surface area (Å²) in [7, 11) is 2.79. The molecule has 7 heterocycles. The van der Waals surface area contributed by atoms with Gasteiger partial charge in [-0.15, -0.1) is 0 Å². The van der Waals surface area contributed by atoms with Gasteiger partial charge in [0.05, 0.1) is 132 Å². The topological polar surface area (TPSA) is 434 Å². The zero-order valence-electron chi connectivity index (χ0n) is 65.0. The minimum absolute atomic E-state index is 0.0437. The molecule has 30 nitrogen and oxygen atoms in total. The lowest BCUT2D eigenvalue weighted by Gasteiger charge is -2.38. The summed E-state index contributed by atoms with van der Waals surface area (Å²) in [5, 5.41) is 137. The number of anilines is 2. The van der Waals surface area contributed by atoms with E-state index in [1.165, 1.54) is 116 Å². The second-order valence-corrected chi connectivity index (χ2v) is 29.6. The van der Waals surface area contributed by atoms with E-state index in [4.69, 9.17) is 37.9 Å². The average Bonchev–Trinajstić information content (AvgIpc) is 1.50. The Kier molecular flexibility index (Phi) is 25.5. The first-order chi connectivity index (χ1) is 51.7. The highest BCUT2D eigenvalue weighted by Gasteiger charge is 2.52. The highest BCUT2D eigenvalue weighted by atomic mass is 16.7. The zero-order valence-corrected chi connectivity index (χ0v) is 65.0. The zero-order chi connectivity index (χ0) is 81.4. The lowest BCUT2D eigenvalue weighted by Crippen LogP contribution is -2.46. The van der Waals surface area contributed by atoms with Crippen molar-refractivity contribution in [3.8, 4) is 46.0 Å². The molecule has 0 spiro atoms. The number of methoxy groups -OCH3 is 2. The molecular weight excluding hydrogens is 1430 g/mol. The van der Waals surface area contributed by atoms with Crippen LogP contribution in [-0.4, -0.2) is 210 Å². The van der Waals surface area contributed by atoms with Crippen molar-refractivity contribution in [2.24, 2.45) is 57.5 Å². The van der Waals surface area contributed by atoms with Crippen molar-refractivity contribution >= 4 is 80.7 Å². The number of rotatable bonds is 8. The summed E-state index contributed by atoms with van der Waals surface area (Å²) in [5.74, 6) is -19.7. The Morgan fingerprint density at radius 1 is 0.491 bits per heavy atom. The van der Waals surface area contributed by atoms with Crippen molar-refractivity contribution in [2.45, 2.75) is 171 Å². The Morgan fingerprint density at radius 2 is 0.827 bits per heavy atom. The minimum Gasteiger partial charge on any atom is -0.507 e. The molecule has 596 valence electrons. The van der Waals surface area contributed by atoms with Crippen LogP contribution in [-0.2, 0) is 47.6 Å². The molecule has 10 bridgehead atoms. The largest absolute Gasteiger partial charge is 0.507 e. The lowest BCUT2D eigenvalue weighted by molar-refractivity contribution is -0.161. The first-order valence-corrected chi connectivity index (χ1v) is 36.4. The number of carbonyl (C=O) groups is 6. The molecule has 30 heteroatoms. The summed E-state index contributed by atoms with van der Waals surface area (Å²) in [6.07, 6.45) is 7.97. The normalized spacial score (nSPS) is 32.5. The van der Waals surface area contributed by atoms with E-state index in [1.54, 1.807) is 67.5 Å². The average molecular weight is 1530 g/mol. The van der Waals surface area contributed by atoms with Crippen molar-refractivity contribution in [1.29, 1.82) is 0 Å². The van der Waals surface area contributed by atoms with Crippen molar-refractivity contribution in [3.05, 3.63) is 106 Å². The number of nitrogens with zero attached hydrogens (tertiary/aromatic N) is 4. The van der Waals surface area contributed by atoms with E-state index < -0.39 is 210 Å².